The van der Waals surface area contributed by atoms with Crippen molar-refractivity contribution in [1.82, 2.24) is 0 Å². The first kappa shape index (κ1) is 14.0. The molecule has 0 spiro atoms. The van der Waals surface area contributed by atoms with Gasteiger partial charge in [0.05, 0.1) is 5.92 Å². The Hall–Kier alpha value is -2.61. The summed E-state index contributed by atoms with van der Waals surface area (Å²) in [6.45, 7) is 4.03. The zero-order chi connectivity index (χ0) is 16.0. The van der Waals surface area contributed by atoms with Gasteiger partial charge in [-0.2, -0.15) is 0 Å². The van der Waals surface area contributed by atoms with E-state index in [1.165, 1.54) is 32.3 Å². The Balaban J connectivity index is 1.91. The fourth-order valence-corrected chi connectivity index (χ4v) is 3.24. The fourth-order valence-electron chi connectivity index (χ4n) is 3.24. The molecule has 0 heterocycles. The Morgan fingerprint density at radius 2 is 1.48 bits per heavy atom. The Kier molecular flexibility index (Phi) is 3.19. The third kappa shape index (κ3) is 2.22. The lowest BCUT2D eigenvalue weighted by Crippen LogP contribution is -2.11. The third-order valence-electron chi connectivity index (χ3n) is 4.46. The van der Waals surface area contributed by atoms with E-state index in [0.717, 1.165) is 5.56 Å². The summed E-state index contributed by atoms with van der Waals surface area (Å²) in [7, 11) is 0. The van der Waals surface area contributed by atoms with Crippen molar-refractivity contribution in [2.24, 2.45) is 5.92 Å². The molecule has 0 radical (unpaired) electrons. The molecule has 114 valence electrons. The molecule has 0 saturated heterocycles. The first-order chi connectivity index (χ1) is 11.1. The van der Waals surface area contributed by atoms with Gasteiger partial charge in [0.2, 0.25) is 0 Å². The van der Waals surface area contributed by atoms with Crippen molar-refractivity contribution < 1.29 is 9.53 Å². The lowest BCUT2D eigenvalue weighted by Gasteiger charge is -2.14. The van der Waals surface area contributed by atoms with Crippen LogP contribution in [-0.2, 0) is 16.1 Å². The van der Waals surface area contributed by atoms with Gasteiger partial charge in [-0.05, 0) is 37.9 Å². The van der Waals surface area contributed by atoms with E-state index in [0.29, 0.717) is 6.61 Å². The summed E-state index contributed by atoms with van der Waals surface area (Å²) < 4.78 is 5.44. The van der Waals surface area contributed by atoms with Crippen LogP contribution in [0, 0.1) is 5.92 Å². The van der Waals surface area contributed by atoms with Gasteiger partial charge in [-0.15, -0.1) is 0 Å². The van der Waals surface area contributed by atoms with Gasteiger partial charge >= 0.3 is 5.97 Å². The van der Waals surface area contributed by atoms with E-state index >= 15 is 0 Å². The molecule has 2 heteroatoms. The quantitative estimate of drug-likeness (QED) is 0.380. The summed E-state index contributed by atoms with van der Waals surface area (Å²) in [6, 6.07) is 19.2. The zero-order valence-electron chi connectivity index (χ0n) is 13.3. The minimum Gasteiger partial charge on any atom is -0.461 e. The molecule has 0 unspecified atom stereocenters. The maximum absolute atomic E-state index is 11.8. The van der Waals surface area contributed by atoms with Crippen LogP contribution in [0.15, 0.2) is 54.6 Å². The molecule has 0 amide bonds. The fraction of sp³-hybridized carbons (Fsp3) is 0.190. The maximum atomic E-state index is 11.8. The molecule has 0 N–H and O–H groups in total. The van der Waals surface area contributed by atoms with E-state index < -0.39 is 0 Å². The van der Waals surface area contributed by atoms with Crippen LogP contribution in [0.3, 0.4) is 0 Å². The van der Waals surface area contributed by atoms with Gasteiger partial charge in [-0.3, -0.25) is 4.79 Å². The lowest BCUT2D eigenvalue weighted by molar-refractivity contribution is -0.148. The van der Waals surface area contributed by atoms with Gasteiger partial charge in [-0.25, -0.2) is 0 Å². The number of benzene rings is 4. The van der Waals surface area contributed by atoms with Gasteiger partial charge in [0.1, 0.15) is 6.61 Å². The van der Waals surface area contributed by atoms with E-state index in [1.807, 2.05) is 13.8 Å². The van der Waals surface area contributed by atoms with E-state index in [-0.39, 0.29) is 11.9 Å². The first-order valence-electron chi connectivity index (χ1n) is 7.97. The van der Waals surface area contributed by atoms with Crippen LogP contribution in [0.1, 0.15) is 19.4 Å². The number of hydrogen-bond acceptors (Lipinski definition) is 2. The van der Waals surface area contributed by atoms with Crippen LogP contribution in [0.25, 0.3) is 32.3 Å². The lowest BCUT2D eigenvalue weighted by atomic mass is 9.92. The third-order valence-corrected chi connectivity index (χ3v) is 4.46. The Bertz CT molecular complexity index is 999. The Morgan fingerprint density at radius 1 is 0.870 bits per heavy atom. The molecule has 0 bridgehead atoms. The monoisotopic (exact) mass is 302 g/mol. The Labute approximate surface area is 135 Å². The molecule has 0 aliphatic rings. The van der Waals surface area contributed by atoms with Crippen molar-refractivity contribution in [2.45, 2.75) is 20.5 Å². The molecule has 0 aliphatic carbocycles. The highest BCUT2D eigenvalue weighted by Gasteiger charge is 2.13. The first-order valence-corrected chi connectivity index (χ1v) is 7.97. The summed E-state index contributed by atoms with van der Waals surface area (Å²) in [4.78, 5) is 11.8. The summed E-state index contributed by atoms with van der Waals surface area (Å²) in [5, 5.41) is 7.44. The number of carbonyl (C=O) groups excluding carboxylic acids is 1. The van der Waals surface area contributed by atoms with Crippen molar-refractivity contribution in [3.05, 3.63) is 60.2 Å². The topological polar surface area (TPSA) is 26.3 Å². The molecule has 2 nitrogen and oxygen atoms in total. The molecule has 23 heavy (non-hydrogen) atoms. The molecule has 4 aromatic rings. The average Bonchev–Trinajstić information content (AvgIpc) is 2.58. The van der Waals surface area contributed by atoms with Crippen LogP contribution in [0.2, 0.25) is 0 Å². The highest BCUT2D eigenvalue weighted by molar-refractivity contribution is 6.23. The van der Waals surface area contributed by atoms with Crippen molar-refractivity contribution in [3.8, 4) is 0 Å². The molecular formula is C21H18O2. The Morgan fingerprint density at radius 3 is 2.17 bits per heavy atom. The minimum atomic E-state index is -0.157. The zero-order valence-corrected chi connectivity index (χ0v) is 13.3. The largest absolute Gasteiger partial charge is 0.461 e. The maximum Gasteiger partial charge on any atom is 0.308 e. The molecule has 0 atom stereocenters. The molecule has 0 aromatic heterocycles. The van der Waals surface area contributed by atoms with Crippen LogP contribution in [0.4, 0.5) is 0 Å². The summed E-state index contributed by atoms with van der Waals surface area (Å²) in [6.07, 6.45) is 0. The van der Waals surface area contributed by atoms with Crippen LogP contribution in [0.5, 0.6) is 0 Å². The molecule has 4 aromatic carbocycles. The average molecular weight is 302 g/mol. The summed E-state index contributed by atoms with van der Waals surface area (Å²) >= 11 is 0. The van der Waals surface area contributed by atoms with Gasteiger partial charge in [-0.1, -0.05) is 68.4 Å². The number of carbonyl (C=O) groups is 1. The van der Waals surface area contributed by atoms with Gasteiger partial charge in [0.15, 0.2) is 0 Å². The van der Waals surface area contributed by atoms with Crippen molar-refractivity contribution in [1.29, 1.82) is 0 Å². The summed E-state index contributed by atoms with van der Waals surface area (Å²) in [5.74, 6) is -0.259. The van der Waals surface area contributed by atoms with Crippen molar-refractivity contribution >= 4 is 38.3 Å². The molecular weight excluding hydrogens is 284 g/mol. The molecule has 0 aliphatic heterocycles. The number of ether oxygens (including phenoxy) is 1. The van der Waals surface area contributed by atoms with E-state index in [1.54, 1.807) is 0 Å². The second-order valence-electron chi connectivity index (χ2n) is 6.34. The van der Waals surface area contributed by atoms with Crippen molar-refractivity contribution in [3.63, 3.8) is 0 Å². The number of hydrogen-bond donors (Lipinski definition) is 0. The van der Waals surface area contributed by atoms with E-state index in [9.17, 15) is 4.79 Å². The highest BCUT2D eigenvalue weighted by atomic mass is 16.5. The van der Waals surface area contributed by atoms with Crippen LogP contribution in [-0.4, -0.2) is 5.97 Å². The molecule has 0 saturated carbocycles. The number of rotatable bonds is 3. The smallest absolute Gasteiger partial charge is 0.308 e. The van der Waals surface area contributed by atoms with Gasteiger partial charge in [0.25, 0.3) is 0 Å². The second-order valence-corrected chi connectivity index (χ2v) is 6.34. The normalized spacial score (nSPS) is 11.8. The van der Waals surface area contributed by atoms with Crippen LogP contribution < -0.4 is 0 Å². The highest BCUT2D eigenvalue weighted by Crippen LogP contribution is 2.36. The molecule has 4 rings (SSSR count). The summed E-state index contributed by atoms with van der Waals surface area (Å²) in [5.41, 5.74) is 1.06. The van der Waals surface area contributed by atoms with Crippen molar-refractivity contribution in [2.75, 3.05) is 0 Å². The SMILES string of the molecule is CC(C)C(=O)OCc1ccc2ccc3cccc4ccc1c2c34. The minimum absolute atomic E-state index is 0.102. The predicted molar refractivity (Wildman–Crippen MR) is 94.8 cm³/mol. The van der Waals surface area contributed by atoms with E-state index in [2.05, 4.69) is 54.6 Å². The van der Waals surface area contributed by atoms with E-state index in [4.69, 9.17) is 4.74 Å². The van der Waals surface area contributed by atoms with Gasteiger partial charge < -0.3 is 4.74 Å². The second kappa shape index (κ2) is 5.24. The molecule has 0 fully saturated rings. The predicted octanol–water partition coefficient (Wildman–Crippen LogP) is 5.28. The van der Waals surface area contributed by atoms with Crippen LogP contribution >= 0.6 is 0 Å². The standard InChI is InChI=1S/C21H18O2/c1-13(2)21(22)23-12-17-9-8-16-7-6-14-4-3-5-15-10-11-18(17)20(16)19(14)15/h3-11,13H,12H2,1-2H3. The van der Waals surface area contributed by atoms with Gasteiger partial charge in [0, 0.05) is 0 Å². The number of esters is 1.